The molecule has 0 bridgehead atoms. The van der Waals surface area contributed by atoms with Crippen molar-refractivity contribution in [3.8, 4) is 5.75 Å². The highest BCUT2D eigenvalue weighted by atomic mass is 32.2. The first kappa shape index (κ1) is 20.3. The molecule has 1 aromatic heterocycles. The second-order valence-electron chi connectivity index (χ2n) is 6.98. The van der Waals surface area contributed by atoms with E-state index in [-0.39, 0.29) is 16.9 Å². The summed E-state index contributed by atoms with van der Waals surface area (Å²) in [5, 5.41) is 3.00. The van der Waals surface area contributed by atoms with Crippen LogP contribution in [0.4, 0.5) is 0 Å². The van der Waals surface area contributed by atoms with Gasteiger partial charge in [0.15, 0.2) is 5.03 Å². The van der Waals surface area contributed by atoms with Crippen LogP contribution in [0.5, 0.6) is 5.75 Å². The standard InChI is InChI=1S/C19H26N4O4S/c1-14-21-18(13-22(14)2)28(25,26)23-10-8-16(9-11-23)19(24)20-12-15-4-6-17(27-3)7-5-15/h4-7,13,16H,8-12H2,1-3H3,(H,20,24). The quantitative estimate of drug-likeness (QED) is 0.784. The first-order chi connectivity index (χ1) is 13.3. The summed E-state index contributed by atoms with van der Waals surface area (Å²) >= 11 is 0. The lowest BCUT2D eigenvalue weighted by Crippen LogP contribution is -2.43. The maximum absolute atomic E-state index is 12.7. The number of benzene rings is 1. The minimum atomic E-state index is -3.62. The molecule has 3 rings (SSSR count). The van der Waals surface area contributed by atoms with Gasteiger partial charge in [0.1, 0.15) is 11.6 Å². The Morgan fingerprint density at radius 3 is 2.43 bits per heavy atom. The number of methoxy groups -OCH3 is 1. The van der Waals surface area contributed by atoms with Gasteiger partial charge in [0, 0.05) is 38.8 Å². The molecular weight excluding hydrogens is 380 g/mol. The number of nitrogens with one attached hydrogen (secondary N) is 1. The Kier molecular flexibility index (Phi) is 6.04. The molecule has 152 valence electrons. The molecule has 1 aliphatic rings. The molecule has 1 fully saturated rings. The van der Waals surface area contributed by atoms with E-state index in [4.69, 9.17) is 4.74 Å². The van der Waals surface area contributed by atoms with E-state index in [1.165, 1.54) is 10.5 Å². The number of nitrogens with zero attached hydrogens (tertiary/aromatic N) is 3. The number of carbonyl (C=O) groups excluding carboxylic acids is 1. The molecule has 1 amide bonds. The van der Waals surface area contributed by atoms with Gasteiger partial charge in [-0.05, 0) is 37.5 Å². The Bertz CT molecular complexity index is 910. The van der Waals surface area contributed by atoms with Gasteiger partial charge in [-0.1, -0.05) is 12.1 Å². The number of imidazole rings is 1. The summed E-state index contributed by atoms with van der Waals surface area (Å²) in [5.41, 5.74) is 0.986. The molecule has 9 heteroatoms. The van der Waals surface area contributed by atoms with E-state index in [1.54, 1.807) is 25.6 Å². The number of amides is 1. The van der Waals surface area contributed by atoms with Gasteiger partial charge in [0.25, 0.3) is 10.0 Å². The highest BCUT2D eigenvalue weighted by molar-refractivity contribution is 7.89. The van der Waals surface area contributed by atoms with Crippen molar-refractivity contribution in [3.63, 3.8) is 0 Å². The van der Waals surface area contributed by atoms with Crippen LogP contribution in [0.15, 0.2) is 35.5 Å². The van der Waals surface area contributed by atoms with Crippen LogP contribution >= 0.6 is 0 Å². The summed E-state index contributed by atoms with van der Waals surface area (Å²) in [4.78, 5) is 16.6. The Labute approximate surface area is 165 Å². The number of ether oxygens (including phenoxy) is 1. The molecular formula is C19H26N4O4S. The molecule has 8 nitrogen and oxygen atoms in total. The first-order valence-electron chi connectivity index (χ1n) is 9.22. The van der Waals surface area contributed by atoms with Crippen molar-refractivity contribution < 1.29 is 17.9 Å². The van der Waals surface area contributed by atoms with Crippen LogP contribution in [0.2, 0.25) is 0 Å². The largest absolute Gasteiger partial charge is 0.497 e. The maximum Gasteiger partial charge on any atom is 0.262 e. The van der Waals surface area contributed by atoms with Gasteiger partial charge in [-0.25, -0.2) is 13.4 Å². The monoisotopic (exact) mass is 406 g/mol. The predicted octanol–water partition coefficient (Wildman–Crippen LogP) is 1.45. The molecule has 0 aliphatic carbocycles. The minimum Gasteiger partial charge on any atom is -0.497 e. The van der Waals surface area contributed by atoms with E-state index < -0.39 is 10.0 Å². The summed E-state index contributed by atoms with van der Waals surface area (Å²) in [6, 6.07) is 7.51. The fourth-order valence-corrected chi connectivity index (χ4v) is 4.71. The van der Waals surface area contributed by atoms with Crippen molar-refractivity contribution in [2.24, 2.45) is 13.0 Å². The van der Waals surface area contributed by atoms with Gasteiger partial charge in [0.05, 0.1) is 7.11 Å². The lowest BCUT2D eigenvalue weighted by molar-refractivity contribution is -0.126. The van der Waals surface area contributed by atoms with Crippen LogP contribution in [-0.4, -0.2) is 48.4 Å². The summed E-state index contributed by atoms with van der Waals surface area (Å²) in [7, 11) is -0.243. The van der Waals surface area contributed by atoms with Crippen molar-refractivity contribution >= 4 is 15.9 Å². The fraction of sp³-hybridized carbons (Fsp3) is 0.474. The Morgan fingerprint density at radius 1 is 1.25 bits per heavy atom. The van der Waals surface area contributed by atoms with E-state index in [0.717, 1.165) is 11.3 Å². The third kappa shape index (κ3) is 4.36. The molecule has 0 unspecified atom stereocenters. The van der Waals surface area contributed by atoms with E-state index in [2.05, 4.69) is 10.3 Å². The predicted molar refractivity (Wildman–Crippen MR) is 104 cm³/mol. The van der Waals surface area contributed by atoms with Crippen molar-refractivity contribution in [2.75, 3.05) is 20.2 Å². The van der Waals surface area contributed by atoms with Crippen molar-refractivity contribution in [2.45, 2.75) is 31.3 Å². The number of hydrogen-bond acceptors (Lipinski definition) is 5. The van der Waals surface area contributed by atoms with Gasteiger partial charge in [-0.15, -0.1) is 0 Å². The first-order valence-corrected chi connectivity index (χ1v) is 10.7. The van der Waals surface area contributed by atoms with Gasteiger partial charge in [-0.3, -0.25) is 4.79 Å². The van der Waals surface area contributed by atoms with Crippen LogP contribution in [-0.2, 0) is 28.4 Å². The smallest absolute Gasteiger partial charge is 0.262 e. The number of sulfonamides is 1. The third-order valence-corrected chi connectivity index (χ3v) is 6.91. The number of rotatable bonds is 6. The lowest BCUT2D eigenvalue weighted by Gasteiger charge is -2.29. The zero-order valence-corrected chi connectivity index (χ0v) is 17.2. The van der Waals surface area contributed by atoms with E-state index in [9.17, 15) is 13.2 Å². The molecule has 2 aromatic rings. The number of hydrogen-bond donors (Lipinski definition) is 1. The zero-order chi connectivity index (χ0) is 20.3. The van der Waals surface area contributed by atoms with Gasteiger partial charge in [-0.2, -0.15) is 4.31 Å². The lowest BCUT2D eigenvalue weighted by atomic mass is 9.97. The van der Waals surface area contributed by atoms with Crippen LogP contribution in [0.1, 0.15) is 24.2 Å². The van der Waals surface area contributed by atoms with Crippen LogP contribution in [0, 0.1) is 12.8 Å². The second-order valence-corrected chi connectivity index (χ2v) is 8.87. The zero-order valence-electron chi connectivity index (χ0n) is 16.4. The summed E-state index contributed by atoms with van der Waals surface area (Å²) in [5.74, 6) is 1.19. The molecule has 2 heterocycles. The third-order valence-electron chi connectivity index (χ3n) is 5.14. The molecule has 1 aliphatic heterocycles. The Hall–Kier alpha value is -2.39. The van der Waals surface area contributed by atoms with Gasteiger partial charge >= 0.3 is 0 Å². The van der Waals surface area contributed by atoms with E-state index in [1.807, 2.05) is 24.3 Å². The fourth-order valence-electron chi connectivity index (χ4n) is 3.22. The molecule has 0 saturated carbocycles. The molecule has 0 atom stereocenters. The minimum absolute atomic E-state index is 0.0402. The summed E-state index contributed by atoms with van der Waals surface area (Å²) in [6.07, 6.45) is 2.53. The second kappa shape index (κ2) is 8.32. The van der Waals surface area contributed by atoms with E-state index in [0.29, 0.717) is 38.3 Å². The van der Waals surface area contributed by atoms with Crippen molar-refractivity contribution in [1.82, 2.24) is 19.2 Å². The molecule has 1 N–H and O–H groups in total. The normalized spacial score (nSPS) is 16.1. The highest BCUT2D eigenvalue weighted by Gasteiger charge is 2.33. The maximum atomic E-state index is 12.7. The number of piperidine rings is 1. The molecule has 1 aromatic carbocycles. The number of aryl methyl sites for hydroxylation is 2. The average molecular weight is 407 g/mol. The topological polar surface area (TPSA) is 93.5 Å². The number of aromatic nitrogens is 2. The Balaban J connectivity index is 1.53. The van der Waals surface area contributed by atoms with Crippen molar-refractivity contribution in [3.05, 3.63) is 41.9 Å². The summed E-state index contributed by atoms with van der Waals surface area (Å²) in [6.45, 7) is 2.84. The molecule has 1 saturated heterocycles. The van der Waals surface area contributed by atoms with Crippen LogP contribution in [0.3, 0.4) is 0 Å². The molecule has 0 radical (unpaired) electrons. The number of carbonyl (C=O) groups is 1. The molecule has 0 spiro atoms. The highest BCUT2D eigenvalue weighted by Crippen LogP contribution is 2.23. The molecule has 28 heavy (non-hydrogen) atoms. The van der Waals surface area contributed by atoms with Gasteiger partial charge < -0.3 is 14.6 Å². The Morgan fingerprint density at radius 2 is 1.89 bits per heavy atom. The van der Waals surface area contributed by atoms with Crippen LogP contribution in [0.25, 0.3) is 0 Å². The van der Waals surface area contributed by atoms with Gasteiger partial charge in [0.2, 0.25) is 5.91 Å². The average Bonchev–Trinajstić information content (AvgIpc) is 3.06. The SMILES string of the molecule is COc1ccc(CNC(=O)C2CCN(S(=O)(=O)c3cn(C)c(C)n3)CC2)cc1. The van der Waals surface area contributed by atoms with Crippen LogP contribution < -0.4 is 10.1 Å². The van der Waals surface area contributed by atoms with Crippen molar-refractivity contribution in [1.29, 1.82) is 0 Å². The summed E-state index contributed by atoms with van der Waals surface area (Å²) < 4.78 is 33.7. The van der Waals surface area contributed by atoms with E-state index >= 15 is 0 Å².